The third-order valence-electron chi connectivity index (χ3n) is 9.27. The van der Waals surface area contributed by atoms with Crippen LogP contribution in [0.1, 0.15) is 37.3 Å². The fraction of sp³-hybridized carbons (Fsp3) is 0.351. The first-order valence-corrected chi connectivity index (χ1v) is 19.0. The van der Waals surface area contributed by atoms with Crippen molar-refractivity contribution in [3.8, 4) is 22.1 Å². The van der Waals surface area contributed by atoms with Gasteiger partial charge in [-0.3, -0.25) is 24.4 Å². The number of hydrogen-bond donors (Lipinski definition) is 2. The van der Waals surface area contributed by atoms with Gasteiger partial charge in [0.1, 0.15) is 15.4 Å². The van der Waals surface area contributed by atoms with Crippen molar-refractivity contribution in [3.05, 3.63) is 87.8 Å². The van der Waals surface area contributed by atoms with Gasteiger partial charge in [0.25, 0.3) is 5.56 Å². The summed E-state index contributed by atoms with van der Waals surface area (Å²) in [7, 11) is 0. The highest BCUT2D eigenvalue weighted by Crippen LogP contribution is 2.36. The summed E-state index contributed by atoms with van der Waals surface area (Å²) in [5.41, 5.74) is 4.90. The Bertz CT molecular complexity index is 2170. The van der Waals surface area contributed by atoms with E-state index in [0.29, 0.717) is 44.2 Å². The van der Waals surface area contributed by atoms with E-state index in [2.05, 4.69) is 36.6 Å². The van der Waals surface area contributed by atoms with Gasteiger partial charge >= 0.3 is 0 Å². The summed E-state index contributed by atoms with van der Waals surface area (Å²) in [5, 5.41) is 16.8. The zero-order valence-electron chi connectivity index (χ0n) is 29.0. The topological polar surface area (TPSA) is 138 Å². The molecule has 7 rings (SSSR count). The molecule has 0 spiro atoms. The minimum atomic E-state index is -0.676. The van der Waals surface area contributed by atoms with Crippen LogP contribution in [0.25, 0.3) is 32.7 Å². The monoisotopic (exact) mass is 724 g/mol. The van der Waals surface area contributed by atoms with Gasteiger partial charge in [0.2, 0.25) is 17.7 Å². The Balaban J connectivity index is 0.964. The lowest BCUT2D eigenvalue weighted by atomic mass is 10.1. The lowest BCUT2D eigenvalue weighted by Gasteiger charge is -2.29. The van der Waals surface area contributed by atoms with Crippen LogP contribution < -0.4 is 15.6 Å². The summed E-state index contributed by atoms with van der Waals surface area (Å²) in [6.07, 6.45) is 7.21. The molecule has 0 radical (unpaired) electrons. The van der Waals surface area contributed by atoms with E-state index in [1.165, 1.54) is 39.4 Å². The van der Waals surface area contributed by atoms with Crippen molar-refractivity contribution in [1.29, 1.82) is 0 Å². The van der Waals surface area contributed by atoms with Gasteiger partial charge in [-0.15, -0.1) is 23.1 Å². The number of ether oxygens (including phenoxy) is 1. The van der Waals surface area contributed by atoms with E-state index in [0.717, 1.165) is 44.2 Å². The predicted molar refractivity (Wildman–Crippen MR) is 203 cm³/mol. The number of amides is 2. The van der Waals surface area contributed by atoms with E-state index in [1.807, 2.05) is 74.4 Å². The summed E-state index contributed by atoms with van der Waals surface area (Å²) in [6, 6.07) is 16.7. The third kappa shape index (κ3) is 7.34. The van der Waals surface area contributed by atoms with Gasteiger partial charge in [-0.1, -0.05) is 6.08 Å². The number of carbonyl (C=O) groups is 2. The first-order valence-electron chi connectivity index (χ1n) is 17.0. The molecule has 2 aliphatic heterocycles. The molecule has 0 aliphatic carbocycles. The fourth-order valence-electron chi connectivity index (χ4n) is 6.51. The van der Waals surface area contributed by atoms with Gasteiger partial charge in [0.15, 0.2) is 0 Å². The SMILES string of the molecule is CS[C@@]1(C(=O)Nc2ccc3[nH]nc(-c4ccc(OC(C)C)nc4)c3c2)CCN(CC(=O)N2CC=C(c3ccc(-n4nc(C)ccc4=O)s3)CC2)C1. The number of nitrogens with one attached hydrogen (secondary N) is 2. The van der Waals surface area contributed by atoms with E-state index in [-0.39, 0.29) is 30.0 Å². The molecule has 4 aromatic heterocycles. The average Bonchev–Trinajstić information content (AvgIpc) is 3.89. The van der Waals surface area contributed by atoms with Crippen LogP contribution in [0.4, 0.5) is 5.69 Å². The second-order valence-corrected chi connectivity index (χ2v) is 15.4. The zero-order valence-corrected chi connectivity index (χ0v) is 30.6. The Hall–Kier alpha value is -4.79. The van der Waals surface area contributed by atoms with Crippen molar-refractivity contribution < 1.29 is 14.3 Å². The number of carbonyl (C=O) groups excluding carboxylic acids is 2. The highest BCUT2D eigenvalue weighted by molar-refractivity contribution is 8.00. The number of nitrogens with zero attached hydrogens (tertiary/aromatic N) is 6. The number of thioether (sulfide) groups is 1. The molecule has 2 aliphatic rings. The number of H-pyrrole nitrogens is 1. The number of aryl methyl sites for hydroxylation is 1. The fourth-order valence-corrected chi connectivity index (χ4v) is 8.39. The van der Waals surface area contributed by atoms with E-state index in [9.17, 15) is 14.4 Å². The second-order valence-electron chi connectivity index (χ2n) is 13.2. The van der Waals surface area contributed by atoms with Crippen LogP contribution in [0.2, 0.25) is 0 Å². The number of hydrogen-bond acceptors (Lipinski definition) is 10. The number of aromatic amines is 1. The van der Waals surface area contributed by atoms with E-state index >= 15 is 0 Å². The maximum Gasteiger partial charge on any atom is 0.272 e. The van der Waals surface area contributed by atoms with E-state index in [1.54, 1.807) is 12.3 Å². The van der Waals surface area contributed by atoms with Crippen molar-refractivity contribution in [2.45, 2.75) is 44.5 Å². The molecule has 1 aromatic carbocycles. The van der Waals surface area contributed by atoms with Crippen LogP contribution in [0.5, 0.6) is 5.88 Å². The Kier molecular flexibility index (Phi) is 9.81. The molecule has 1 saturated heterocycles. The number of fused-ring (bicyclic) bond motifs is 1. The summed E-state index contributed by atoms with van der Waals surface area (Å²) >= 11 is 3.06. The smallest absolute Gasteiger partial charge is 0.272 e. The average molecular weight is 725 g/mol. The minimum absolute atomic E-state index is 0.0320. The van der Waals surface area contributed by atoms with Gasteiger partial charge in [0, 0.05) is 66.0 Å². The number of aromatic nitrogens is 5. The van der Waals surface area contributed by atoms with Crippen molar-refractivity contribution >= 4 is 57.1 Å². The van der Waals surface area contributed by atoms with Crippen LogP contribution in [0.15, 0.2) is 71.7 Å². The number of likely N-dealkylation sites (tertiary alicyclic amines) is 1. The van der Waals surface area contributed by atoms with Crippen LogP contribution in [-0.2, 0) is 9.59 Å². The molecular weight excluding hydrogens is 685 g/mol. The lowest BCUT2D eigenvalue weighted by Crippen LogP contribution is -2.45. The first kappa shape index (κ1) is 34.6. The molecule has 2 amide bonds. The zero-order chi connectivity index (χ0) is 35.7. The molecular formula is C37H40N8O4S2. The van der Waals surface area contributed by atoms with Gasteiger partial charge in [-0.2, -0.15) is 14.9 Å². The maximum absolute atomic E-state index is 13.8. The molecule has 1 atom stereocenters. The minimum Gasteiger partial charge on any atom is -0.475 e. The molecule has 6 heterocycles. The van der Waals surface area contributed by atoms with Gasteiger partial charge in [0.05, 0.1) is 23.9 Å². The second kappa shape index (κ2) is 14.4. The number of thiophene rings is 1. The molecule has 14 heteroatoms. The third-order valence-corrected chi connectivity index (χ3v) is 11.7. The Labute approximate surface area is 303 Å². The largest absolute Gasteiger partial charge is 0.475 e. The molecule has 264 valence electrons. The molecule has 0 saturated carbocycles. The maximum atomic E-state index is 13.8. The Morgan fingerprint density at radius 1 is 1.12 bits per heavy atom. The summed E-state index contributed by atoms with van der Waals surface area (Å²) in [6.45, 7) is 8.33. The summed E-state index contributed by atoms with van der Waals surface area (Å²) in [5.74, 6) is 0.537. The van der Waals surface area contributed by atoms with Crippen LogP contribution in [0.3, 0.4) is 0 Å². The van der Waals surface area contributed by atoms with Gasteiger partial charge in [-0.05, 0) is 87.9 Å². The van der Waals surface area contributed by atoms with Crippen molar-refractivity contribution in [2.75, 3.05) is 44.3 Å². The lowest BCUT2D eigenvalue weighted by molar-refractivity contribution is -0.132. The number of anilines is 1. The number of rotatable bonds is 10. The molecule has 2 N–H and O–H groups in total. The number of pyridine rings is 1. The highest BCUT2D eigenvalue weighted by atomic mass is 32.2. The molecule has 0 bridgehead atoms. The van der Waals surface area contributed by atoms with Gasteiger partial charge < -0.3 is 15.0 Å². The first-order chi connectivity index (χ1) is 24.6. The van der Waals surface area contributed by atoms with E-state index < -0.39 is 4.75 Å². The van der Waals surface area contributed by atoms with Crippen LogP contribution in [-0.4, -0.2) is 96.4 Å². The van der Waals surface area contributed by atoms with Crippen molar-refractivity contribution in [3.63, 3.8) is 0 Å². The molecule has 0 unspecified atom stereocenters. The highest BCUT2D eigenvalue weighted by Gasteiger charge is 2.44. The van der Waals surface area contributed by atoms with Gasteiger partial charge in [-0.25, -0.2) is 4.98 Å². The Morgan fingerprint density at radius 3 is 2.73 bits per heavy atom. The van der Waals surface area contributed by atoms with E-state index in [4.69, 9.17) is 4.74 Å². The molecule has 1 fully saturated rings. The van der Waals surface area contributed by atoms with Crippen molar-refractivity contribution in [1.82, 2.24) is 34.8 Å². The normalized spacial score (nSPS) is 18.0. The molecule has 51 heavy (non-hydrogen) atoms. The predicted octanol–water partition coefficient (Wildman–Crippen LogP) is 5.39. The Morgan fingerprint density at radius 2 is 1.98 bits per heavy atom. The van der Waals surface area contributed by atoms with Crippen molar-refractivity contribution in [2.24, 2.45) is 0 Å². The standard InChI is InChI=1S/C37H40N8O4S2/c1-23(2)49-31-10-6-26(20-38-31)35-28-19-27(7-8-29(28)40-41-35)39-36(48)37(50-4)15-18-43(22-37)21-33(47)44-16-13-25(14-17-44)30-9-12-34(51-30)45-32(46)11-5-24(3)42-45/h5-13,19-20,23H,14-18,21-22H2,1-4H3,(H,39,48)(H,40,41)/t37-/m0/s1. The molecule has 12 nitrogen and oxygen atoms in total. The summed E-state index contributed by atoms with van der Waals surface area (Å²) < 4.78 is 6.44. The van der Waals surface area contributed by atoms with Crippen LogP contribution in [0, 0.1) is 6.92 Å². The quantitative estimate of drug-likeness (QED) is 0.194. The van der Waals surface area contributed by atoms with Crippen LogP contribution >= 0.6 is 23.1 Å². The molecule has 5 aromatic rings. The summed E-state index contributed by atoms with van der Waals surface area (Å²) in [4.78, 5) is 49.0. The number of benzene rings is 1.